The summed E-state index contributed by atoms with van der Waals surface area (Å²) in [5.74, 6) is 0.386. The number of amides is 1. The van der Waals surface area contributed by atoms with Crippen molar-refractivity contribution in [2.24, 2.45) is 7.05 Å². The van der Waals surface area contributed by atoms with Crippen LogP contribution in [0.1, 0.15) is 0 Å². The number of anilines is 3. The van der Waals surface area contributed by atoms with E-state index in [1.165, 1.54) is 6.08 Å². The van der Waals surface area contributed by atoms with Gasteiger partial charge in [0.1, 0.15) is 5.82 Å². The third-order valence-corrected chi connectivity index (χ3v) is 3.67. The molecule has 0 saturated carbocycles. The Bertz CT molecular complexity index is 917. The Hall–Kier alpha value is -3.12. The van der Waals surface area contributed by atoms with Crippen molar-refractivity contribution in [2.75, 3.05) is 10.6 Å². The lowest BCUT2D eigenvalue weighted by atomic mass is 10.1. The standard InChI is InChI=1S/C18H16ClN5O/c1-3-18(25)22-13-5-6-15(23-17-7-4-12(19)9-20-17)14(8-13)16-10-24(2)11-21-16/h3-11H,1H2,2H3,(H,20,23)(H,22,25). The van der Waals surface area contributed by atoms with E-state index >= 15 is 0 Å². The maximum atomic E-state index is 11.6. The smallest absolute Gasteiger partial charge is 0.247 e. The van der Waals surface area contributed by atoms with Crippen molar-refractivity contribution >= 4 is 34.7 Å². The fraction of sp³-hybridized carbons (Fsp3) is 0.0556. The van der Waals surface area contributed by atoms with Crippen LogP contribution in [0.4, 0.5) is 17.2 Å². The first-order valence-corrected chi connectivity index (χ1v) is 7.87. The number of benzene rings is 1. The number of pyridine rings is 1. The molecule has 0 spiro atoms. The van der Waals surface area contributed by atoms with Gasteiger partial charge in [-0.1, -0.05) is 18.2 Å². The van der Waals surface area contributed by atoms with E-state index in [0.29, 0.717) is 16.5 Å². The molecule has 25 heavy (non-hydrogen) atoms. The summed E-state index contributed by atoms with van der Waals surface area (Å²) in [6.07, 6.45) is 6.41. The number of carbonyl (C=O) groups excluding carboxylic acids is 1. The van der Waals surface area contributed by atoms with Crippen molar-refractivity contribution in [1.29, 1.82) is 0 Å². The van der Waals surface area contributed by atoms with Crippen molar-refractivity contribution < 1.29 is 4.79 Å². The van der Waals surface area contributed by atoms with Crippen LogP contribution < -0.4 is 10.6 Å². The molecule has 0 atom stereocenters. The highest BCUT2D eigenvalue weighted by Crippen LogP contribution is 2.31. The number of aromatic nitrogens is 3. The van der Waals surface area contributed by atoms with Gasteiger partial charge in [0.15, 0.2) is 0 Å². The normalized spacial score (nSPS) is 10.3. The molecule has 0 aliphatic rings. The predicted molar refractivity (Wildman–Crippen MR) is 100 cm³/mol. The van der Waals surface area contributed by atoms with E-state index < -0.39 is 0 Å². The molecular weight excluding hydrogens is 338 g/mol. The first-order valence-electron chi connectivity index (χ1n) is 7.49. The molecule has 0 aliphatic heterocycles. The molecule has 3 aromatic rings. The SMILES string of the molecule is C=CC(=O)Nc1ccc(Nc2ccc(Cl)cn2)c(-c2cn(C)cn2)c1. The average molecular weight is 354 g/mol. The number of aryl methyl sites for hydroxylation is 1. The van der Waals surface area contributed by atoms with Gasteiger partial charge < -0.3 is 15.2 Å². The lowest BCUT2D eigenvalue weighted by Gasteiger charge is -2.12. The van der Waals surface area contributed by atoms with Crippen LogP contribution in [0.25, 0.3) is 11.3 Å². The zero-order chi connectivity index (χ0) is 17.8. The van der Waals surface area contributed by atoms with Crippen molar-refractivity contribution in [3.8, 4) is 11.3 Å². The Balaban J connectivity index is 1.99. The lowest BCUT2D eigenvalue weighted by Crippen LogP contribution is -2.07. The summed E-state index contributed by atoms with van der Waals surface area (Å²) in [5, 5.41) is 6.57. The third-order valence-electron chi connectivity index (χ3n) is 3.44. The Kier molecular flexibility index (Phi) is 4.81. The molecule has 2 N–H and O–H groups in total. The van der Waals surface area contributed by atoms with E-state index in [0.717, 1.165) is 16.9 Å². The average Bonchev–Trinajstić information content (AvgIpc) is 3.04. The molecule has 0 aliphatic carbocycles. The minimum Gasteiger partial charge on any atom is -0.340 e. The van der Waals surface area contributed by atoms with E-state index in [2.05, 4.69) is 27.2 Å². The number of imidazole rings is 1. The molecule has 0 bridgehead atoms. The number of rotatable bonds is 5. The van der Waals surface area contributed by atoms with Gasteiger partial charge in [-0.25, -0.2) is 9.97 Å². The summed E-state index contributed by atoms with van der Waals surface area (Å²) in [6, 6.07) is 9.06. The van der Waals surface area contributed by atoms with Gasteiger partial charge in [0.25, 0.3) is 0 Å². The van der Waals surface area contributed by atoms with Crippen LogP contribution in [0.5, 0.6) is 0 Å². The monoisotopic (exact) mass is 353 g/mol. The van der Waals surface area contributed by atoms with Crippen molar-refractivity contribution in [2.45, 2.75) is 0 Å². The quantitative estimate of drug-likeness (QED) is 0.680. The second kappa shape index (κ2) is 7.19. The van der Waals surface area contributed by atoms with Gasteiger partial charge in [-0.15, -0.1) is 0 Å². The summed E-state index contributed by atoms with van der Waals surface area (Å²) in [6.45, 7) is 3.46. The molecule has 0 radical (unpaired) electrons. The fourth-order valence-corrected chi connectivity index (χ4v) is 2.39. The highest BCUT2D eigenvalue weighted by molar-refractivity contribution is 6.30. The highest BCUT2D eigenvalue weighted by Gasteiger charge is 2.11. The van der Waals surface area contributed by atoms with Crippen LogP contribution >= 0.6 is 11.6 Å². The molecule has 0 fully saturated rings. The molecule has 2 aromatic heterocycles. The van der Waals surface area contributed by atoms with Crippen LogP contribution in [-0.2, 0) is 11.8 Å². The number of halogens is 1. The molecular formula is C18H16ClN5O. The largest absolute Gasteiger partial charge is 0.340 e. The van der Waals surface area contributed by atoms with Crippen LogP contribution in [0, 0.1) is 0 Å². The Morgan fingerprint density at radius 2 is 2.12 bits per heavy atom. The van der Waals surface area contributed by atoms with Gasteiger partial charge in [0.05, 0.1) is 17.0 Å². The van der Waals surface area contributed by atoms with Gasteiger partial charge in [0.2, 0.25) is 5.91 Å². The van der Waals surface area contributed by atoms with Gasteiger partial charge in [-0.3, -0.25) is 4.79 Å². The first kappa shape index (κ1) is 16.7. The van der Waals surface area contributed by atoms with Crippen molar-refractivity contribution in [1.82, 2.24) is 14.5 Å². The summed E-state index contributed by atoms with van der Waals surface area (Å²) >= 11 is 5.88. The lowest BCUT2D eigenvalue weighted by molar-refractivity contribution is -0.111. The molecule has 3 rings (SSSR count). The molecule has 1 aromatic carbocycles. The summed E-state index contributed by atoms with van der Waals surface area (Å²) in [7, 11) is 1.90. The Morgan fingerprint density at radius 1 is 1.28 bits per heavy atom. The molecule has 0 unspecified atom stereocenters. The zero-order valence-corrected chi connectivity index (χ0v) is 14.3. The molecule has 6 nitrogen and oxygen atoms in total. The van der Waals surface area contributed by atoms with Crippen molar-refractivity contribution in [3.05, 3.63) is 66.7 Å². The number of nitrogens with zero attached hydrogens (tertiary/aromatic N) is 3. The minimum atomic E-state index is -0.271. The Labute approximate surface area is 150 Å². The third kappa shape index (κ3) is 4.05. The van der Waals surface area contributed by atoms with Crippen LogP contribution in [0.3, 0.4) is 0 Å². The van der Waals surface area contributed by atoms with Crippen LogP contribution in [0.2, 0.25) is 5.02 Å². The number of hydrogen-bond donors (Lipinski definition) is 2. The maximum absolute atomic E-state index is 11.6. The predicted octanol–water partition coefficient (Wildman–Crippen LogP) is 4.00. The molecule has 7 heteroatoms. The second-order valence-corrected chi connectivity index (χ2v) is 5.80. The Morgan fingerprint density at radius 3 is 2.76 bits per heavy atom. The maximum Gasteiger partial charge on any atom is 0.247 e. The summed E-state index contributed by atoms with van der Waals surface area (Å²) in [4.78, 5) is 20.2. The van der Waals surface area contributed by atoms with E-state index in [1.54, 1.807) is 30.7 Å². The van der Waals surface area contributed by atoms with E-state index in [1.807, 2.05) is 29.9 Å². The van der Waals surface area contributed by atoms with Crippen LogP contribution in [-0.4, -0.2) is 20.4 Å². The number of carbonyl (C=O) groups is 1. The second-order valence-electron chi connectivity index (χ2n) is 5.36. The molecule has 1 amide bonds. The summed E-state index contributed by atoms with van der Waals surface area (Å²) < 4.78 is 1.86. The summed E-state index contributed by atoms with van der Waals surface area (Å²) in [5.41, 5.74) is 3.07. The fourth-order valence-electron chi connectivity index (χ4n) is 2.28. The number of nitrogens with one attached hydrogen (secondary N) is 2. The molecule has 126 valence electrons. The first-order chi connectivity index (χ1) is 12.0. The molecule has 0 saturated heterocycles. The van der Waals surface area contributed by atoms with Gasteiger partial charge >= 0.3 is 0 Å². The van der Waals surface area contributed by atoms with Gasteiger partial charge in [-0.2, -0.15) is 0 Å². The zero-order valence-electron chi connectivity index (χ0n) is 13.5. The van der Waals surface area contributed by atoms with Crippen molar-refractivity contribution in [3.63, 3.8) is 0 Å². The topological polar surface area (TPSA) is 71.8 Å². The van der Waals surface area contributed by atoms with Gasteiger partial charge in [-0.05, 0) is 36.4 Å². The van der Waals surface area contributed by atoms with E-state index in [9.17, 15) is 4.79 Å². The molecule has 2 heterocycles. The number of hydrogen-bond acceptors (Lipinski definition) is 4. The van der Waals surface area contributed by atoms with E-state index in [-0.39, 0.29) is 5.91 Å². The minimum absolute atomic E-state index is 0.271. The van der Waals surface area contributed by atoms with Crippen LogP contribution in [0.15, 0.2) is 61.7 Å². The van der Waals surface area contributed by atoms with Gasteiger partial charge in [0, 0.05) is 36.4 Å². The van der Waals surface area contributed by atoms with E-state index in [4.69, 9.17) is 11.6 Å². The highest BCUT2D eigenvalue weighted by atomic mass is 35.5.